The van der Waals surface area contributed by atoms with Gasteiger partial charge >= 0.3 is 0 Å². The first-order valence-electron chi connectivity index (χ1n) is 13.4. The van der Waals surface area contributed by atoms with Gasteiger partial charge in [-0.3, -0.25) is 9.59 Å². The molecule has 0 bridgehead atoms. The molecule has 0 aliphatic carbocycles. The Kier molecular flexibility index (Phi) is 8.22. The minimum atomic E-state index is -0.718. The molecule has 1 saturated heterocycles. The average molecular weight is 579 g/mol. The van der Waals surface area contributed by atoms with E-state index >= 15 is 0 Å². The molecule has 216 valence electrons. The molecule has 3 atom stereocenters. The molecule has 0 spiro atoms. The van der Waals surface area contributed by atoms with Crippen molar-refractivity contribution in [1.82, 2.24) is 29.9 Å². The van der Waals surface area contributed by atoms with E-state index in [2.05, 4.69) is 20.1 Å². The van der Waals surface area contributed by atoms with Gasteiger partial charge in [0, 0.05) is 32.6 Å². The van der Waals surface area contributed by atoms with Crippen LogP contribution >= 0.6 is 11.3 Å². The highest BCUT2D eigenvalue weighted by Gasteiger charge is 2.42. The van der Waals surface area contributed by atoms with E-state index in [9.17, 15) is 14.7 Å². The highest BCUT2D eigenvalue weighted by molar-refractivity contribution is 7.13. The van der Waals surface area contributed by atoms with Crippen LogP contribution in [0.2, 0.25) is 0 Å². The number of carbonyl (C=O) groups is 2. The Hall–Kier alpha value is -4.03. The van der Waals surface area contributed by atoms with E-state index in [0.29, 0.717) is 36.1 Å². The highest BCUT2D eigenvalue weighted by Crippen LogP contribution is 2.37. The number of methoxy groups -OCH3 is 1. The van der Waals surface area contributed by atoms with Crippen LogP contribution in [-0.2, 0) is 11.3 Å². The van der Waals surface area contributed by atoms with Crippen molar-refractivity contribution in [1.29, 1.82) is 0 Å². The smallest absolute Gasteiger partial charge is 0.271 e. The second-order valence-electron chi connectivity index (χ2n) is 10.7. The lowest BCUT2D eigenvalue weighted by Crippen LogP contribution is -2.37. The Morgan fingerprint density at radius 1 is 1.27 bits per heavy atom. The second kappa shape index (κ2) is 11.8. The van der Waals surface area contributed by atoms with E-state index in [1.165, 1.54) is 13.3 Å². The lowest BCUT2D eigenvalue weighted by atomic mass is 9.91. The molecule has 1 fully saturated rings. The van der Waals surface area contributed by atoms with Gasteiger partial charge in [0.15, 0.2) is 5.76 Å². The SMILES string of the molecule is COc1cc(C(C(=O)N2C[C@H](O)C[C@H]2c2ncc(C(=O)N(C)Cc3ccc(-c4scnc4C)cc3)[nH]2)C(C)C)on1. The Labute approximate surface area is 242 Å². The van der Waals surface area contributed by atoms with Crippen LogP contribution in [0.4, 0.5) is 0 Å². The predicted molar refractivity (Wildman–Crippen MR) is 152 cm³/mol. The van der Waals surface area contributed by atoms with Gasteiger partial charge in [0.1, 0.15) is 17.4 Å². The van der Waals surface area contributed by atoms with E-state index in [4.69, 9.17) is 9.26 Å². The summed E-state index contributed by atoms with van der Waals surface area (Å²) in [7, 11) is 3.22. The van der Waals surface area contributed by atoms with Gasteiger partial charge in [0.05, 0.1) is 41.5 Å². The quantitative estimate of drug-likeness (QED) is 0.302. The van der Waals surface area contributed by atoms with Crippen molar-refractivity contribution in [2.45, 2.75) is 51.8 Å². The first-order valence-corrected chi connectivity index (χ1v) is 14.3. The van der Waals surface area contributed by atoms with Crippen molar-refractivity contribution >= 4 is 23.2 Å². The van der Waals surface area contributed by atoms with Crippen molar-refractivity contribution in [2.24, 2.45) is 5.92 Å². The molecule has 1 aromatic carbocycles. The number of ether oxygens (including phenoxy) is 1. The number of aliphatic hydroxyl groups is 1. The number of H-pyrrole nitrogens is 1. The number of rotatable bonds is 9. The Morgan fingerprint density at radius 2 is 2.02 bits per heavy atom. The summed E-state index contributed by atoms with van der Waals surface area (Å²) in [4.78, 5) is 43.2. The van der Waals surface area contributed by atoms with Crippen LogP contribution in [0.3, 0.4) is 0 Å². The van der Waals surface area contributed by atoms with Crippen LogP contribution in [0.1, 0.15) is 65.6 Å². The van der Waals surface area contributed by atoms with Crippen LogP contribution in [-0.4, -0.2) is 73.6 Å². The van der Waals surface area contributed by atoms with Gasteiger partial charge in [-0.25, -0.2) is 9.97 Å². The number of benzene rings is 1. The number of aryl methyl sites for hydroxylation is 1. The molecule has 1 aliphatic rings. The maximum atomic E-state index is 13.8. The number of hydrogen-bond donors (Lipinski definition) is 2. The minimum absolute atomic E-state index is 0.0963. The number of likely N-dealkylation sites (tertiary alicyclic amines) is 1. The van der Waals surface area contributed by atoms with E-state index in [0.717, 1.165) is 21.7 Å². The van der Waals surface area contributed by atoms with Gasteiger partial charge in [-0.1, -0.05) is 38.1 Å². The van der Waals surface area contributed by atoms with E-state index in [1.54, 1.807) is 34.3 Å². The normalized spacial score (nSPS) is 17.7. The number of amides is 2. The molecule has 12 heteroatoms. The highest BCUT2D eigenvalue weighted by atomic mass is 32.1. The summed E-state index contributed by atoms with van der Waals surface area (Å²) in [5, 5.41) is 14.4. The van der Waals surface area contributed by atoms with Crippen LogP contribution in [0.15, 0.2) is 46.6 Å². The van der Waals surface area contributed by atoms with Crippen molar-refractivity contribution in [2.75, 3.05) is 20.7 Å². The fraction of sp³-hybridized carbons (Fsp3) is 0.414. The third-order valence-electron chi connectivity index (χ3n) is 7.39. The van der Waals surface area contributed by atoms with Crippen LogP contribution in [0.5, 0.6) is 5.88 Å². The first-order chi connectivity index (χ1) is 19.7. The predicted octanol–water partition coefficient (Wildman–Crippen LogP) is 4.18. The standard InChI is InChI=1S/C29H34N6O5S/c1-16(2)25(23-11-24(39-5)33-40-23)29(38)35-14-20(36)10-22(35)27-30-12-21(32-27)28(37)34(4)13-18-6-8-19(9-7-18)26-17(3)31-15-41-26/h6-9,11-12,15-16,20,22,25,36H,10,13-14H2,1-5H3,(H,30,32)/t20-,22+,25?/m1/s1. The lowest BCUT2D eigenvalue weighted by Gasteiger charge is -2.28. The molecular formula is C29H34N6O5S. The van der Waals surface area contributed by atoms with Crippen LogP contribution < -0.4 is 4.74 Å². The molecule has 11 nitrogen and oxygen atoms in total. The summed E-state index contributed by atoms with van der Waals surface area (Å²) >= 11 is 1.60. The van der Waals surface area contributed by atoms with Crippen molar-refractivity contribution in [3.8, 4) is 16.3 Å². The van der Waals surface area contributed by atoms with Gasteiger partial charge in [-0.2, -0.15) is 0 Å². The maximum absolute atomic E-state index is 13.8. The molecule has 4 heterocycles. The van der Waals surface area contributed by atoms with E-state index in [1.807, 2.05) is 50.5 Å². The number of imidazole rings is 1. The first kappa shape index (κ1) is 28.5. The third kappa shape index (κ3) is 5.89. The van der Waals surface area contributed by atoms with Crippen molar-refractivity contribution in [3.05, 3.63) is 70.6 Å². The number of thiazole rings is 1. The number of nitrogens with one attached hydrogen (secondary N) is 1. The third-order valence-corrected chi connectivity index (χ3v) is 8.36. The second-order valence-corrected chi connectivity index (χ2v) is 11.6. The molecule has 1 aliphatic heterocycles. The number of β-amino-alcohol motifs (C(OH)–C–C–N with tert-alkyl or cyclic N) is 1. The van der Waals surface area contributed by atoms with Crippen LogP contribution in [0, 0.1) is 12.8 Å². The zero-order valence-electron chi connectivity index (χ0n) is 23.7. The number of hydrogen-bond acceptors (Lipinski definition) is 9. The van der Waals surface area contributed by atoms with Gasteiger partial charge in [-0.15, -0.1) is 11.3 Å². The zero-order valence-corrected chi connectivity index (χ0v) is 24.5. The number of aromatic amines is 1. The molecule has 2 amide bonds. The van der Waals surface area contributed by atoms with Crippen LogP contribution in [0.25, 0.3) is 10.4 Å². The van der Waals surface area contributed by atoms with E-state index < -0.39 is 18.1 Å². The molecule has 0 saturated carbocycles. The summed E-state index contributed by atoms with van der Waals surface area (Å²) in [6.45, 7) is 6.40. The molecule has 0 radical (unpaired) electrons. The number of aromatic nitrogens is 4. The molecule has 1 unspecified atom stereocenters. The number of aliphatic hydroxyl groups excluding tert-OH is 1. The van der Waals surface area contributed by atoms with Gasteiger partial charge < -0.3 is 29.2 Å². The largest absolute Gasteiger partial charge is 0.479 e. The summed E-state index contributed by atoms with van der Waals surface area (Å²) in [6, 6.07) is 9.19. The van der Waals surface area contributed by atoms with Gasteiger partial charge in [0.25, 0.3) is 11.8 Å². The van der Waals surface area contributed by atoms with Crippen molar-refractivity contribution < 1.29 is 24.0 Å². The molecule has 4 aromatic rings. The minimum Gasteiger partial charge on any atom is -0.479 e. The number of carbonyl (C=O) groups excluding carboxylic acids is 2. The van der Waals surface area contributed by atoms with E-state index in [-0.39, 0.29) is 24.3 Å². The Bertz CT molecular complexity index is 1510. The summed E-state index contributed by atoms with van der Waals surface area (Å²) in [6.07, 6.45) is 1.07. The fourth-order valence-corrected chi connectivity index (χ4v) is 6.06. The van der Waals surface area contributed by atoms with Gasteiger partial charge in [0.2, 0.25) is 5.91 Å². The summed E-state index contributed by atoms with van der Waals surface area (Å²) in [5.41, 5.74) is 5.24. The Morgan fingerprint density at radius 3 is 2.66 bits per heavy atom. The topological polar surface area (TPSA) is 138 Å². The Balaban J connectivity index is 1.29. The maximum Gasteiger partial charge on any atom is 0.271 e. The number of nitrogens with zero attached hydrogens (tertiary/aromatic N) is 5. The zero-order chi connectivity index (χ0) is 29.3. The fourth-order valence-electron chi connectivity index (χ4n) is 5.25. The summed E-state index contributed by atoms with van der Waals surface area (Å²) < 4.78 is 10.5. The lowest BCUT2D eigenvalue weighted by molar-refractivity contribution is -0.135. The monoisotopic (exact) mass is 578 g/mol. The molecule has 5 rings (SSSR count). The molecule has 41 heavy (non-hydrogen) atoms. The average Bonchev–Trinajstić information content (AvgIpc) is 3.75. The molecular weight excluding hydrogens is 544 g/mol. The summed E-state index contributed by atoms with van der Waals surface area (Å²) in [5.74, 6) is -0.00721. The van der Waals surface area contributed by atoms with Gasteiger partial charge in [-0.05, 0) is 29.1 Å². The van der Waals surface area contributed by atoms with Crippen molar-refractivity contribution in [3.63, 3.8) is 0 Å². The molecule has 3 aromatic heterocycles. The molecule has 2 N–H and O–H groups in total.